The van der Waals surface area contributed by atoms with Gasteiger partial charge in [0.1, 0.15) is 5.82 Å². The molecule has 0 radical (unpaired) electrons. The molecular formula is C16H22FN5O. The molecule has 1 aromatic carbocycles. The molecule has 0 aliphatic carbocycles. The highest BCUT2D eigenvalue weighted by atomic mass is 19.1. The maximum atomic E-state index is 13.0. The third-order valence-corrected chi connectivity index (χ3v) is 3.97. The average molecular weight is 319 g/mol. The Kier molecular flexibility index (Phi) is 4.32. The molecule has 23 heavy (non-hydrogen) atoms. The van der Waals surface area contributed by atoms with Crippen molar-refractivity contribution in [2.45, 2.75) is 25.9 Å². The standard InChI is InChI=1S/C16H22FN5O/c1-16(2,18)15-19-14(23-20-15)11-21-7-9-22(10-8-21)13-5-3-12(17)4-6-13/h3-6H,7-11,18H2,1-2H3. The topological polar surface area (TPSA) is 71.4 Å². The Morgan fingerprint density at radius 2 is 1.83 bits per heavy atom. The van der Waals surface area contributed by atoms with Gasteiger partial charge in [0.15, 0.2) is 5.82 Å². The molecule has 1 aliphatic heterocycles. The van der Waals surface area contributed by atoms with Gasteiger partial charge in [0, 0.05) is 31.9 Å². The lowest BCUT2D eigenvalue weighted by Gasteiger charge is -2.35. The first kappa shape index (κ1) is 15.9. The first-order chi connectivity index (χ1) is 10.9. The van der Waals surface area contributed by atoms with Crippen molar-refractivity contribution in [2.75, 3.05) is 31.1 Å². The van der Waals surface area contributed by atoms with Gasteiger partial charge in [-0.1, -0.05) is 5.16 Å². The fraction of sp³-hybridized carbons (Fsp3) is 0.500. The number of hydrogen-bond donors (Lipinski definition) is 1. The number of anilines is 1. The van der Waals surface area contributed by atoms with Crippen molar-refractivity contribution in [2.24, 2.45) is 5.73 Å². The zero-order chi connectivity index (χ0) is 16.4. The van der Waals surface area contributed by atoms with Crippen molar-refractivity contribution in [3.8, 4) is 0 Å². The van der Waals surface area contributed by atoms with Crippen LogP contribution in [0.4, 0.5) is 10.1 Å². The summed E-state index contributed by atoms with van der Waals surface area (Å²) in [6, 6.07) is 6.63. The number of halogens is 1. The minimum Gasteiger partial charge on any atom is -0.369 e. The molecule has 1 aliphatic rings. The van der Waals surface area contributed by atoms with Crippen LogP contribution in [0.25, 0.3) is 0 Å². The Balaban J connectivity index is 1.55. The van der Waals surface area contributed by atoms with E-state index in [1.54, 1.807) is 0 Å². The van der Waals surface area contributed by atoms with Gasteiger partial charge < -0.3 is 15.2 Å². The van der Waals surface area contributed by atoms with Crippen LogP contribution in [-0.2, 0) is 12.1 Å². The van der Waals surface area contributed by atoms with Crippen molar-refractivity contribution < 1.29 is 8.91 Å². The zero-order valence-corrected chi connectivity index (χ0v) is 13.5. The monoisotopic (exact) mass is 319 g/mol. The minimum atomic E-state index is -0.594. The minimum absolute atomic E-state index is 0.206. The summed E-state index contributed by atoms with van der Waals surface area (Å²) in [5.74, 6) is 0.911. The van der Waals surface area contributed by atoms with E-state index in [4.69, 9.17) is 10.3 Å². The van der Waals surface area contributed by atoms with Crippen LogP contribution in [0.15, 0.2) is 28.8 Å². The number of piperazine rings is 1. The van der Waals surface area contributed by atoms with Crippen LogP contribution in [0.2, 0.25) is 0 Å². The molecule has 2 N–H and O–H groups in total. The summed E-state index contributed by atoms with van der Waals surface area (Å²) in [5, 5.41) is 3.94. The largest absolute Gasteiger partial charge is 0.369 e. The number of aromatic nitrogens is 2. The van der Waals surface area contributed by atoms with E-state index in [9.17, 15) is 4.39 Å². The Bertz CT molecular complexity index is 641. The molecule has 0 spiro atoms. The first-order valence-electron chi connectivity index (χ1n) is 7.76. The van der Waals surface area contributed by atoms with Crippen LogP contribution in [0.5, 0.6) is 0 Å². The lowest BCUT2D eigenvalue weighted by molar-refractivity contribution is 0.215. The van der Waals surface area contributed by atoms with Crippen molar-refractivity contribution in [3.63, 3.8) is 0 Å². The predicted molar refractivity (Wildman–Crippen MR) is 85.4 cm³/mol. The van der Waals surface area contributed by atoms with Gasteiger partial charge in [0.2, 0.25) is 5.89 Å². The van der Waals surface area contributed by atoms with Crippen molar-refractivity contribution in [3.05, 3.63) is 41.8 Å². The molecule has 0 amide bonds. The summed E-state index contributed by atoms with van der Waals surface area (Å²) in [6.07, 6.45) is 0. The van der Waals surface area contributed by atoms with Gasteiger partial charge in [-0.25, -0.2) is 4.39 Å². The molecule has 1 aromatic heterocycles. The summed E-state index contributed by atoms with van der Waals surface area (Å²) in [6.45, 7) is 7.87. The molecule has 2 heterocycles. The van der Waals surface area contributed by atoms with E-state index in [2.05, 4.69) is 19.9 Å². The molecule has 7 heteroatoms. The van der Waals surface area contributed by atoms with E-state index in [-0.39, 0.29) is 5.82 Å². The van der Waals surface area contributed by atoms with Gasteiger partial charge in [-0.2, -0.15) is 4.98 Å². The predicted octanol–water partition coefficient (Wildman–Crippen LogP) is 1.72. The van der Waals surface area contributed by atoms with E-state index in [1.165, 1.54) is 12.1 Å². The van der Waals surface area contributed by atoms with Crippen molar-refractivity contribution in [1.29, 1.82) is 0 Å². The van der Waals surface area contributed by atoms with E-state index >= 15 is 0 Å². The quantitative estimate of drug-likeness (QED) is 0.925. The average Bonchev–Trinajstić information content (AvgIpc) is 2.98. The molecule has 3 rings (SSSR count). The maximum Gasteiger partial charge on any atom is 0.240 e. The van der Waals surface area contributed by atoms with Gasteiger partial charge in [0.25, 0.3) is 0 Å². The molecule has 0 bridgehead atoms. The maximum absolute atomic E-state index is 13.0. The molecule has 2 aromatic rings. The Morgan fingerprint density at radius 3 is 2.39 bits per heavy atom. The van der Waals surface area contributed by atoms with Gasteiger partial charge in [-0.05, 0) is 38.1 Å². The highest BCUT2D eigenvalue weighted by Gasteiger charge is 2.23. The molecule has 1 fully saturated rings. The highest BCUT2D eigenvalue weighted by Crippen LogP contribution is 2.18. The Labute approximate surface area is 135 Å². The van der Waals surface area contributed by atoms with E-state index in [0.717, 1.165) is 31.9 Å². The fourth-order valence-corrected chi connectivity index (χ4v) is 2.59. The highest BCUT2D eigenvalue weighted by molar-refractivity contribution is 5.46. The summed E-state index contributed by atoms with van der Waals surface area (Å²) in [7, 11) is 0. The SMILES string of the molecule is CC(C)(N)c1noc(CN2CCN(c3ccc(F)cc3)CC2)n1. The third kappa shape index (κ3) is 3.86. The molecule has 0 saturated carbocycles. The molecule has 1 saturated heterocycles. The van der Waals surface area contributed by atoms with Crippen LogP contribution in [0, 0.1) is 5.82 Å². The molecule has 0 atom stereocenters. The van der Waals surface area contributed by atoms with Gasteiger partial charge >= 0.3 is 0 Å². The molecular weight excluding hydrogens is 297 g/mol. The summed E-state index contributed by atoms with van der Waals surface area (Å²) < 4.78 is 18.3. The lowest BCUT2D eigenvalue weighted by Crippen LogP contribution is -2.46. The number of nitrogens with zero attached hydrogens (tertiary/aromatic N) is 4. The van der Waals surface area contributed by atoms with Crippen LogP contribution in [0.3, 0.4) is 0 Å². The number of hydrogen-bond acceptors (Lipinski definition) is 6. The van der Waals surface area contributed by atoms with E-state index in [0.29, 0.717) is 18.3 Å². The number of rotatable bonds is 4. The van der Waals surface area contributed by atoms with Gasteiger partial charge in [-0.15, -0.1) is 0 Å². The second-order valence-corrected chi connectivity index (χ2v) is 6.47. The summed E-state index contributed by atoms with van der Waals surface area (Å²) in [4.78, 5) is 8.88. The number of benzene rings is 1. The van der Waals surface area contributed by atoms with E-state index < -0.39 is 5.54 Å². The van der Waals surface area contributed by atoms with Crippen molar-refractivity contribution in [1.82, 2.24) is 15.0 Å². The molecule has 0 unspecified atom stereocenters. The van der Waals surface area contributed by atoms with Crippen LogP contribution < -0.4 is 10.6 Å². The van der Waals surface area contributed by atoms with Crippen LogP contribution in [0.1, 0.15) is 25.6 Å². The Morgan fingerprint density at radius 1 is 1.17 bits per heavy atom. The third-order valence-electron chi connectivity index (χ3n) is 3.97. The van der Waals surface area contributed by atoms with Gasteiger partial charge in [-0.3, -0.25) is 4.90 Å². The van der Waals surface area contributed by atoms with Crippen molar-refractivity contribution >= 4 is 5.69 Å². The smallest absolute Gasteiger partial charge is 0.240 e. The second-order valence-electron chi connectivity index (χ2n) is 6.47. The second kappa shape index (κ2) is 6.25. The van der Waals surface area contributed by atoms with Crippen LogP contribution in [-0.4, -0.2) is 41.2 Å². The van der Waals surface area contributed by atoms with Crippen LogP contribution >= 0.6 is 0 Å². The summed E-state index contributed by atoms with van der Waals surface area (Å²) in [5.41, 5.74) is 6.42. The van der Waals surface area contributed by atoms with E-state index in [1.807, 2.05) is 26.0 Å². The normalized spacial score (nSPS) is 16.8. The summed E-state index contributed by atoms with van der Waals surface area (Å²) >= 11 is 0. The molecule has 124 valence electrons. The lowest BCUT2D eigenvalue weighted by atomic mass is 10.1. The first-order valence-corrected chi connectivity index (χ1v) is 7.76. The fourth-order valence-electron chi connectivity index (χ4n) is 2.59. The number of nitrogens with two attached hydrogens (primary N) is 1. The molecule has 6 nitrogen and oxygen atoms in total. The van der Waals surface area contributed by atoms with Gasteiger partial charge in [0.05, 0.1) is 12.1 Å². The zero-order valence-electron chi connectivity index (χ0n) is 13.5. The Hall–Kier alpha value is -1.99.